The minimum absolute atomic E-state index is 0.165. The van der Waals surface area contributed by atoms with Gasteiger partial charge in [-0.2, -0.15) is 5.26 Å². The van der Waals surface area contributed by atoms with Crippen LogP contribution in [0.3, 0.4) is 0 Å². The smallest absolute Gasteiger partial charge is 0.339 e. The van der Waals surface area contributed by atoms with E-state index in [0.29, 0.717) is 16.6 Å². The van der Waals surface area contributed by atoms with Crippen LogP contribution >= 0.6 is 23.4 Å². The maximum Gasteiger partial charge on any atom is 0.339 e. The fraction of sp³-hybridized carbons (Fsp3) is 0.100. The number of aromatic nitrogens is 1. The number of benzene rings is 2. The standard InChI is InChI=1S/C20H14ClN3O3S/c21-18-11-14(13-5-1-2-6-15(13)23-18)20(26)27-12-19(25)24-16-7-3-4-8-17(16)28-10-9-22/h1-8,11H,10,12H2,(H,24,25). The molecule has 3 rings (SSSR count). The zero-order valence-electron chi connectivity index (χ0n) is 14.5. The Kier molecular flexibility index (Phi) is 6.48. The number of carbonyl (C=O) groups excluding carboxylic acids is 2. The summed E-state index contributed by atoms with van der Waals surface area (Å²) in [5.41, 5.74) is 1.37. The molecule has 0 saturated carbocycles. The third-order valence-electron chi connectivity index (χ3n) is 3.69. The van der Waals surface area contributed by atoms with Crippen molar-refractivity contribution in [2.24, 2.45) is 0 Å². The highest BCUT2D eigenvalue weighted by atomic mass is 35.5. The van der Waals surface area contributed by atoms with Crippen molar-refractivity contribution in [3.63, 3.8) is 0 Å². The highest BCUT2D eigenvalue weighted by Gasteiger charge is 2.16. The molecule has 6 nitrogen and oxygen atoms in total. The lowest BCUT2D eigenvalue weighted by atomic mass is 10.1. The number of carbonyl (C=O) groups is 2. The van der Waals surface area contributed by atoms with Gasteiger partial charge in [0.2, 0.25) is 0 Å². The minimum atomic E-state index is -0.664. The molecule has 0 atom stereocenters. The summed E-state index contributed by atoms with van der Waals surface area (Å²) in [7, 11) is 0. The monoisotopic (exact) mass is 411 g/mol. The number of para-hydroxylation sites is 2. The van der Waals surface area contributed by atoms with Gasteiger partial charge >= 0.3 is 5.97 Å². The van der Waals surface area contributed by atoms with Gasteiger partial charge in [0.15, 0.2) is 6.61 Å². The molecule has 1 amide bonds. The van der Waals surface area contributed by atoms with E-state index in [-0.39, 0.29) is 16.5 Å². The van der Waals surface area contributed by atoms with Crippen LogP contribution in [0, 0.1) is 11.3 Å². The summed E-state index contributed by atoms with van der Waals surface area (Å²) < 4.78 is 5.15. The van der Waals surface area contributed by atoms with Gasteiger partial charge in [-0.05, 0) is 24.3 Å². The summed E-state index contributed by atoms with van der Waals surface area (Å²) in [6, 6.07) is 17.6. The SMILES string of the molecule is N#CCSc1ccccc1NC(=O)COC(=O)c1cc(Cl)nc2ccccc12. The second kappa shape index (κ2) is 9.22. The molecule has 1 N–H and O–H groups in total. The van der Waals surface area contributed by atoms with E-state index in [0.717, 1.165) is 4.90 Å². The molecule has 8 heteroatoms. The molecule has 1 aromatic heterocycles. The van der Waals surface area contributed by atoms with Crippen molar-refractivity contribution < 1.29 is 14.3 Å². The number of nitriles is 1. The number of nitrogens with zero attached hydrogens (tertiary/aromatic N) is 2. The number of hydrogen-bond acceptors (Lipinski definition) is 6. The highest BCUT2D eigenvalue weighted by molar-refractivity contribution is 7.99. The molecule has 0 aliphatic heterocycles. The summed E-state index contributed by atoms with van der Waals surface area (Å²) >= 11 is 7.28. The second-order valence-corrected chi connectivity index (χ2v) is 6.98. The number of esters is 1. The topological polar surface area (TPSA) is 92.1 Å². The fourth-order valence-corrected chi connectivity index (χ4v) is 3.38. The van der Waals surface area contributed by atoms with E-state index in [2.05, 4.69) is 10.3 Å². The van der Waals surface area contributed by atoms with E-state index in [1.165, 1.54) is 17.8 Å². The minimum Gasteiger partial charge on any atom is -0.452 e. The average molecular weight is 412 g/mol. The largest absolute Gasteiger partial charge is 0.452 e. The Balaban J connectivity index is 1.68. The molecule has 0 bridgehead atoms. The van der Waals surface area contributed by atoms with Crippen LogP contribution in [0.4, 0.5) is 5.69 Å². The number of ether oxygens (including phenoxy) is 1. The van der Waals surface area contributed by atoms with Crippen LogP contribution in [-0.4, -0.2) is 29.2 Å². The number of halogens is 1. The maximum absolute atomic E-state index is 12.4. The molecule has 0 radical (unpaired) electrons. The number of fused-ring (bicyclic) bond motifs is 1. The number of nitrogens with one attached hydrogen (secondary N) is 1. The summed E-state index contributed by atoms with van der Waals surface area (Å²) in [5, 5.41) is 12.2. The molecule has 0 unspecified atom stereocenters. The van der Waals surface area contributed by atoms with Crippen LogP contribution in [0.25, 0.3) is 10.9 Å². The second-order valence-electron chi connectivity index (χ2n) is 5.58. The number of thioether (sulfide) groups is 1. The van der Waals surface area contributed by atoms with Gasteiger partial charge in [-0.25, -0.2) is 9.78 Å². The predicted molar refractivity (Wildman–Crippen MR) is 108 cm³/mol. The van der Waals surface area contributed by atoms with Gasteiger partial charge in [0.25, 0.3) is 5.91 Å². The Morgan fingerprint density at radius 1 is 1.18 bits per heavy atom. The Morgan fingerprint density at radius 2 is 1.93 bits per heavy atom. The fourth-order valence-electron chi connectivity index (χ4n) is 2.51. The molecule has 1 heterocycles. The first-order valence-corrected chi connectivity index (χ1v) is 9.56. The summed E-state index contributed by atoms with van der Waals surface area (Å²) in [4.78, 5) is 29.6. The van der Waals surface area contributed by atoms with Gasteiger partial charge in [-0.1, -0.05) is 41.9 Å². The Labute approximate surface area is 170 Å². The third kappa shape index (κ3) is 4.80. The van der Waals surface area contributed by atoms with Crippen molar-refractivity contribution in [3.05, 3.63) is 65.3 Å². The first-order chi connectivity index (χ1) is 13.6. The Morgan fingerprint density at radius 3 is 2.75 bits per heavy atom. The zero-order valence-corrected chi connectivity index (χ0v) is 16.1. The predicted octanol–water partition coefficient (Wildman–Crippen LogP) is 4.30. The van der Waals surface area contributed by atoms with E-state index in [9.17, 15) is 9.59 Å². The van der Waals surface area contributed by atoms with Crippen molar-refractivity contribution in [2.45, 2.75) is 4.90 Å². The van der Waals surface area contributed by atoms with E-state index in [1.807, 2.05) is 12.1 Å². The molecule has 28 heavy (non-hydrogen) atoms. The van der Waals surface area contributed by atoms with Crippen molar-refractivity contribution in [3.8, 4) is 6.07 Å². The average Bonchev–Trinajstić information content (AvgIpc) is 2.70. The van der Waals surface area contributed by atoms with Crippen molar-refractivity contribution in [1.29, 1.82) is 5.26 Å². The molecule has 0 spiro atoms. The molecule has 2 aromatic carbocycles. The number of rotatable bonds is 6. The normalized spacial score (nSPS) is 10.3. The van der Waals surface area contributed by atoms with E-state index < -0.39 is 18.5 Å². The van der Waals surface area contributed by atoms with Gasteiger partial charge in [0.05, 0.1) is 28.6 Å². The first kappa shape index (κ1) is 19.7. The van der Waals surface area contributed by atoms with Crippen LogP contribution < -0.4 is 5.32 Å². The molecular weight excluding hydrogens is 398 g/mol. The quantitative estimate of drug-likeness (QED) is 0.369. The lowest BCUT2D eigenvalue weighted by Crippen LogP contribution is -2.21. The number of pyridine rings is 1. The molecule has 0 saturated heterocycles. The summed E-state index contributed by atoms with van der Waals surface area (Å²) in [6.07, 6.45) is 0. The van der Waals surface area contributed by atoms with Crippen molar-refractivity contribution in [2.75, 3.05) is 17.7 Å². The van der Waals surface area contributed by atoms with Crippen molar-refractivity contribution in [1.82, 2.24) is 4.98 Å². The Bertz CT molecular complexity index is 1080. The van der Waals surface area contributed by atoms with Gasteiger partial charge in [0, 0.05) is 10.3 Å². The van der Waals surface area contributed by atoms with Gasteiger partial charge in [0.1, 0.15) is 5.15 Å². The zero-order chi connectivity index (χ0) is 19.9. The lowest BCUT2D eigenvalue weighted by Gasteiger charge is -2.11. The maximum atomic E-state index is 12.4. The van der Waals surface area contributed by atoms with Crippen molar-refractivity contribution >= 4 is 51.8 Å². The molecule has 0 fully saturated rings. The van der Waals surface area contributed by atoms with Gasteiger partial charge in [-0.15, -0.1) is 11.8 Å². The van der Waals surface area contributed by atoms with Gasteiger partial charge < -0.3 is 10.1 Å². The molecule has 3 aromatic rings. The summed E-state index contributed by atoms with van der Waals surface area (Å²) in [5.74, 6) is -0.886. The van der Waals surface area contributed by atoms with Crippen LogP contribution in [0.1, 0.15) is 10.4 Å². The van der Waals surface area contributed by atoms with Crippen LogP contribution in [0.2, 0.25) is 5.15 Å². The molecule has 140 valence electrons. The molecular formula is C20H14ClN3O3S. The third-order valence-corrected chi connectivity index (χ3v) is 4.83. The highest BCUT2D eigenvalue weighted by Crippen LogP contribution is 2.26. The molecule has 0 aliphatic rings. The number of anilines is 1. The van der Waals surface area contributed by atoms with E-state index in [4.69, 9.17) is 21.6 Å². The van der Waals surface area contributed by atoms with Crippen LogP contribution in [-0.2, 0) is 9.53 Å². The van der Waals surface area contributed by atoms with Crippen LogP contribution in [0.15, 0.2) is 59.5 Å². The Hall–Kier alpha value is -3.08. The van der Waals surface area contributed by atoms with E-state index >= 15 is 0 Å². The van der Waals surface area contributed by atoms with Crippen LogP contribution in [0.5, 0.6) is 0 Å². The number of hydrogen-bond donors (Lipinski definition) is 1. The summed E-state index contributed by atoms with van der Waals surface area (Å²) in [6.45, 7) is -0.454. The van der Waals surface area contributed by atoms with E-state index in [1.54, 1.807) is 42.5 Å². The van der Waals surface area contributed by atoms with Gasteiger partial charge in [-0.3, -0.25) is 4.79 Å². The lowest BCUT2D eigenvalue weighted by molar-refractivity contribution is -0.119. The first-order valence-electron chi connectivity index (χ1n) is 8.19. The molecule has 0 aliphatic carbocycles. The number of amides is 1.